The number of amides is 2. The molecule has 2 amide bonds. The molecule has 1 saturated heterocycles. The highest BCUT2D eigenvalue weighted by Crippen LogP contribution is 2.73. The van der Waals surface area contributed by atoms with Crippen molar-refractivity contribution in [3.8, 4) is 0 Å². The summed E-state index contributed by atoms with van der Waals surface area (Å²) >= 11 is 0. The molecule has 118 valence electrons. The Morgan fingerprint density at radius 2 is 1.46 bits per heavy atom. The van der Waals surface area contributed by atoms with E-state index in [-0.39, 0.29) is 40.9 Å². The second kappa shape index (κ2) is 3.97. The summed E-state index contributed by atoms with van der Waals surface area (Å²) in [6.45, 7) is 0. The first kappa shape index (κ1) is 12.9. The van der Waals surface area contributed by atoms with Crippen molar-refractivity contribution in [1.29, 1.82) is 0 Å². The Bertz CT molecular complexity index is 916. The summed E-state index contributed by atoms with van der Waals surface area (Å²) < 4.78 is 0. The number of carbonyl (C=O) groups is 2. The summed E-state index contributed by atoms with van der Waals surface area (Å²) in [5, 5.41) is 2.04. The number of hydrogen-bond acceptors (Lipinski definition) is 2. The van der Waals surface area contributed by atoms with E-state index < -0.39 is 0 Å². The van der Waals surface area contributed by atoms with Crippen LogP contribution < -0.4 is 4.90 Å². The van der Waals surface area contributed by atoms with Crippen LogP contribution in [0.5, 0.6) is 0 Å². The summed E-state index contributed by atoms with van der Waals surface area (Å²) in [6, 6.07) is 13.8. The zero-order valence-electron chi connectivity index (χ0n) is 13.2. The highest BCUT2D eigenvalue weighted by atomic mass is 16.2. The van der Waals surface area contributed by atoms with Gasteiger partial charge in [0, 0.05) is 5.39 Å². The molecule has 2 aromatic carbocycles. The van der Waals surface area contributed by atoms with E-state index in [0.29, 0.717) is 0 Å². The molecule has 6 rings (SSSR count). The van der Waals surface area contributed by atoms with Crippen molar-refractivity contribution in [2.45, 2.75) is 12.8 Å². The number of imide groups is 1. The molecule has 0 unspecified atom stereocenters. The van der Waals surface area contributed by atoms with Crippen molar-refractivity contribution >= 4 is 28.3 Å². The maximum atomic E-state index is 13.2. The van der Waals surface area contributed by atoms with E-state index in [2.05, 4.69) is 12.2 Å². The SMILES string of the molecule is O=C1[C@@H]2[C@H](C(=O)N1c1cccc3ccccc13)[C@H]1C=C[C@H]2C12CC2. The van der Waals surface area contributed by atoms with E-state index >= 15 is 0 Å². The van der Waals surface area contributed by atoms with E-state index in [1.165, 1.54) is 17.7 Å². The zero-order valence-corrected chi connectivity index (χ0v) is 13.2. The van der Waals surface area contributed by atoms with Crippen LogP contribution in [0.3, 0.4) is 0 Å². The van der Waals surface area contributed by atoms with E-state index in [0.717, 1.165) is 16.5 Å². The van der Waals surface area contributed by atoms with E-state index in [9.17, 15) is 9.59 Å². The number of hydrogen-bond donors (Lipinski definition) is 0. The van der Waals surface area contributed by atoms with Crippen LogP contribution in [0.25, 0.3) is 10.8 Å². The maximum Gasteiger partial charge on any atom is 0.238 e. The summed E-state index contributed by atoms with van der Waals surface area (Å²) in [7, 11) is 0. The summed E-state index contributed by atoms with van der Waals surface area (Å²) in [6.07, 6.45) is 6.79. The number of carbonyl (C=O) groups excluding carboxylic acids is 2. The molecule has 1 spiro atoms. The van der Waals surface area contributed by atoms with Crippen molar-refractivity contribution in [3.63, 3.8) is 0 Å². The largest absolute Gasteiger partial charge is 0.274 e. The van der Waals surface area contributed by atoms with Crippen LogP contribution in [0.2, 0.25) is 0 Å². The average Bonchev–Trinajstić information content (AvgIpc) is 3.20. The van der Waals surface area contributed by atoms with Crippen LogP contribution in [0.4, 0.5) is 5.69 Å². The van der Waals surface area contributed by atoms with Crippen LogP contribution >= 0.6 is 0 Å². The molecule has 0 aromatic heterocycles. The van der Waals surface area contributed by atoms with Gasteiger partial charge in [-0.15, -0.1) is 0 Å². The van der Waals surface area contributed by atoms with Gasteiger partial charge in [-0.25, -0.2) is 4.90 Å². The maximum absolute atomic E-state index is 13.2. The molecule has 0 N–H and O–H groups in total. The molecular formula is C21H17NO2. The van der Waals surface area contributed by atoms with Gasteiger partial charge < -0.3 is 0 Å². The summed E-state index contributed by atoms with van der Waals surface area (Å²) in [5.74, 6) is 0.338. The van der Waals surface area contributed by atoms with Gasteiger partial charge in [-0.3, -0.25) is 9.59 Å². The molecule has 1 heterocycles. The van der Waals surface area contributed by atoms with Gasteiger partial charge in [0.2, 0.25) is 11.8 Å². The van der Waals surface area contributed by atoms with Gasteiger partial charge in [-0.05, 0) is 41.5 Å². The van der Waals surface area contributed by atoms with Crippen LogP contribution in [0.1, 0.15) is 12.8 Å². The van der Waals surface area contributed by atoms with Gasteiger partial charge in [0.25, 0.3) is 0 Å². The summed E-state index contributed by atoms with van der Waals surface area (Å²) in [4.78, 5) is 27.9. The Morgan fingerprint density at radius 1 is 0.833 bits per heavy atom. The highest BCUT2D eigenvalue weighted by molar-refractivity contribution is 6.25. The molecule has 4 aliphatic rings. The van der Waals surface area contributed by atoms with Gasteiger partial charge in [0.1, 0.15) is 0 Å². The lowest BCUT2D eigenvalue weighted by Crippen LogP contribution is -2.34. The molecule has 24 heavy (non-hydrogen) atoms. The predicted molar refractivity (Wildman–Crippen MR) is 91.2 cm³/mol. The number of anilines is 1. The van der Waals surface area contributed by atoms with Gasteiger partial charge in [0.15, 0.2) is 0 Å². The molecule has 2 bridgehead atoms. The van der Waals surface area contributed by atoms with Crippen LogP contribution in [-0.4, -0.2) is 11.8 Å². The zero-order chi connectivity index (χ0) is 16.1. The smallest absolute Gasteiger partial charge is 0.238 e. The molecule has 3 nitrogen and oxygen atoms in total. The fourth-order valence-electron chi connectivity index (χ4n) is 5.72. The first-order valence-electron chi connectivity index (χ1n) is 8.76. The predicted octanol–water partition coefficient (Wildman–Crippen LogP) is 3.54. The fraction of sp³-hybridized carbons (Fsp3) is 0.333. The number of rotatable bonds is 1. The Kier molecular flexibility index (Phi) is 2.14. The number of allylic oxidation sites excluding steroid dienone is 2. The highest BCUT2D eigenvalue weighted by Gasteiger charge is 2.73. The quantitative estimate of drug-likeness (QED) is 0.596. The Hall–Kier alpha value is -2.42. The molecule has 0 radical (unpaired) electrons. The van der Waals surface area contributed by atoms with Gasteiger partial charge in [-0.2, -0.15) is 0 Å². The first-order chi connectivity index (χ1) is 11.7. The normalized spacial score (nSPS) is 34.6. The van der Waals surface area contributed by atoms with E-state index in [1.54, 1.807) is 0 Å². The Labute approximate surface area is 139 Å². The third-order valence-electron chi connectivity index (χ3n) is 6.86. The summed E-state index contributed by atoms with van der Waals surface area (Å²) in [5.41, 5.74) is 1.01. The lowest BCUT2D eigenvalue weighted by Gasteiger charge is -2.22. The van der Waals surface area contributed by atoms with Crippen molar-refractivity contribution in [2.24, 2.45) is 29.1 Å². The standard InChI is InChI=1S/C21H17NO2/c23-19-17-14-8-9-15(21(14)10-11-21)18(17)20(24)22(19)16-7-3-5-12-4-1-2-6-13(12)16/h1-9,14-15,17-18H,10-11H2/t14-,15-,17-,18+/m1/s1. The van der Waals surface area contributed by atoms with Crippen LogP contribution in [0, 0.1) is 29.1 Å². The fourth-order valence-corrected chi connectivity index (χ4v) is 5.72. The van der Waals surface area contributed by atoms with Gasteiger partial charge in [0.05, 0.1) is 17.5 Å². The monoisotopic (exact) mass is 315 g/mol. The topological polar surface area (TPSA) is 37.4 Å². The minimum atomic E-state index is -0.131. The molecule has 3 heteroatoms. The lowest BCUT2D eigenvalue weighted by molar-refractivity contribution is -0.123. The Balaban J connectivity index is 1.50. The molecule has 1 aliphatic heterocycles. The molecule has 2 aromatic rings. The van der Waals surface area contributed by atoms with Crippen molar-refractivity contribution in [3.05, 3.63) is 54.6 Å². The molecule has 2 saturated carbocycles. The Morgan fingerprint density at radius 3 is 2.12 bits per heavy atom. The minimum Gasteiger partial charge on any atom is -0.274 e. The third-order valence-corrected chi connectivity index (χ3v) is 6.86. The van der Waals surface area contributed by atoms with Crippen LogP contribution in [0.15, 0.2) is 54.6 Å². The lowest BCUT2D eigenvalue weighted by atomic mass is 9.85. The molecule has 4 atom stereocenters. The second-order valence-electron chi connectivity index (χ2n) is 7.73. The van der Waals surface area contributed by atoms with Crippen molar-refractivity contribution in [2.75, 3.05) is 4.90 Å². The third kappa shape index (κ3) is 1.28. The van der Waals surface area contributed by atoms with E-state index in [4.69, 9.17) is 0 Å². The first-order valence-corrected chi connectivity index (χ1v) is 8.76. The van der Waals surface area contributed by atoms with E-state index in [1.807, 2.05) is 42.5 Å². The second-order valence-corrected chi connectivity index (χ2v) is 7.73. The van der Waals surface area contributed by atoms with Gasteiger partial charge >= 0.3 is 0 Å². The molecular weight excluding hydrogens is 298 g/mol. The van der Waals surface area contributed by atoms with Crippen molar-refractivity contribution in [1.82, 2.24) is 0 Å². The minimum absolute atomic E-state index is 0.0180. The number of benzene rings is 2. The van der Waals surface area contributed by atoms with Crippen LogP contribution in [-0.2, 0) is 9.59 Å². The average molecular weight is 315 g/mol. The molecule has 3 aliphatic carbocycles. The molecule has 3 fully saturated rings. The van der Waals surface area contributed by atoms with Crippen molar-refractivity contribution < 1.29 is 9.59 Å². The number of nitrogens with zero attached hydrogens (tertiary/aromatic N) is 1. The number of fused-ring (bicyclic) bond motifs is 4. The van der Waals surface area contributed by atoms with Gasteiger partial charge in [-0.1, -0.05) is 48.6 Å².